The summed E-state index contributed by atoms with van der Waals surface area (Å²) in [5, 5.41) is 0.973. The second-order valence-electron chi connectivity index (χ2n) is 4.18. The van der Waals surface area contributed by atoms with Gasteiger partial charge in [-0.05, 0) is 5.56 Å². The molecule has 0 amide bonds. The Balaban J connectivity index is 3.22. The van der Waals surface area contributed by atoms with E-state index in [4.69, 9.17) is 0 Å². The molecule has 0 fully saturated rings. The first-order chi connectivity index (χ1) is 7.74. The lowest BCUT2D eigenvalue weighted by molar-refractivity contribution is 0.570. The molecule has 0 bridgehead atoms. The Labute approximate surface area is 99.2 Å². The Bertz CT molecular complexity index is 365. The summed E-state index contributed by atoms with van der Waals surface area (Å²) in [6.07, 6.45) is 0. The van der Waals surface area contributed by atoms with Gasteiger partial charge in [-0.25, -0.2) is 4.79 Å². The van der Waals surface area contributed by atoms with Crippen molar-refractivity contribution in [3.8, 4) is 0 Å². The van der Waals surface area contributed by atoms with Crippen LogP contribution in [-0.2, 0) is 4.79 Å². The molecule has 0 heterocycles. The average Bonchev–Trinajstić information content (AvgIpc) is 2.37. The summed E-state index contributed by atoms with van der Waals surface area (Å²) in [4.78, 5) is 11.3. The first-order valence-corrected chi connectivity index (χ1v) is 8.67. The van der Waals surface area contributed by atoms with E-state index in [2.05, 4.69) is 26.7 Å². The fraction of sp³-hybridized carbons (Fsp3) is 0.429. The quantitative estimate of drug-likeness (QED) is 0.555. The molecule has 0 unspecified atom stereocenters. The molecular weight excluding hydrogens is 212 g/mol. The highest BCUT2D eigenvalue weighted by Gasteiger charge is 2.33. The zero-order chi connectivity index (χ0) is 12.0. The van der Waals surface area contributed by atoms with Gasteiger partial charge in [0.2, 0.25) is 0 Å². The molecule has 1 aromatic rings. The van der Waals surface area contributed by atoms with Crippen LogP contribution in [0.2, 0.25) is 18.1 Å². The van der Waals surface area contributed by atoms with Crippen molar-refractivity contribution in [3.05, 3.63) is 35.9 Å². The molecule has 1 aromatic carbocycles. The zero-order valence-electron chi connectivity index (χ0n) is 10.4. The van der Waals surface area contributed by atoms with E-state index in [0.29, 0.717) is 0 Å². The average molecular weight is 232 g/mol. The van der Waals surface area contributed by atoms with Gasteiger partial charge in [-0.15, -0.1) is 0 Å². The van der Waals surface area contributed by atoms with Gasteiger partial charge in [-0.3, -0.25) is 0 Å². The molecule has 0 spiro atoms. The lowest BCUT2D eigenvalue weighted by Gasteiger charge is -2.28. The standard InChI is InChI=1S/C14H20OSi/c1-4-16(5-2,6-3)14(12-15)13-10-8-7-9-11-13/h7-11H,4-6H2,1-3H3. The highest BCUT2D eigenvalue weighted by atomic mass is 28.3. The summed E-state index contributed by atoms with van der Waals surface area (Å²) in [5.41, 5.74) is 1.08. The Hall–Kier alpha value is -1.11. The smallest absolute Gasteiger partial charge is 0.123 e. The van der Waals surface area contributed by atoms with Crippen molar-refractivity contribution in [1.82, 2.24) is 0 Å². The van der Waals surface area contributed by atoms with Crippen LogP contribution in [0.3, 0.4) is 0 Å². The largest absolute Gasteiger partial charge is 0.234 e. The minimum Gasteiger partial charge on any atom is -0.234 e. The van der Waals surface area contributed by atoms with E-state index >= 15 is 0 Å². The molecule has 0 radical (unpaired) electrons. The second-order valence-corrected chi connectivity index (χ2v) is 9.37. The molecular formula is C14H20OSi. The number of hydrogen-bond acceptors (Lipinski definition) is 1. The summed E-state index contributed by atoms with van der Waals surface area (Å²) < 4.78 is 0. The van der Waals surface area contributed by atoms with Crippen LogP contribution in [0.4, 0.5) is 0 Å². The van der Waals surface area contributed by atoms with Gasteiger partial charge in [0.1, 0.15) is 14.0 Å². The summed E-state index contributed by atoms with van der Waals surface area (Å²) in [6, 6.07) is 13.4. The van der Waals surface area contributed by atoms with E-state index in [9.17, 15) is 4.79 Å². The lowest BCUT2D eigenvalue weighted by atomic mass is 10.2. The molecule has 2 heteroatoms. The fourth-order valence-electron chi connectivity index (χ4n) is 2.36. The Morgan fingerprint density at radius 1 is 1.06 bits per heavy atom. The van der Waals surface area contributed by atoms with Crippen molar-refractivity contribution < 1.29 is 4.79 Å². The lowest BCUT2D eigenvalue weighted by Crippen LogP contribution is -2.34. The molecule has 0 atom stereocenters. The number of hydrogen-bond donors (Lipinski definition) is 0. The molecule has 0 saturated carbocycles. The van der Waals surface area contributed by atoms with Crippen molar-refractivity contribution in [2.45, 2.75) is 38.9 Å². The van der Waals surface area contributed by atoms with E-state index in [-0.39, 0.29) is 0 Å². The molecule has 1 rings (SSSR count). The van der Waals surface area contributed by atoms with Gasteiger partial charge in [0.15, 0.2) is 0 Å². The molecule has 0 aliphatic heterocycles. The maximum Gasteiger partial charge on any atom is 0.123 e. The predicted molar refractivity (Wildman–Crippen MR) is 72.7 cm³/mol. The van der Waals surface area contributed by atoms with E-state index < -0.39 is 8.07 Å². The van der Waals surface area contributed by atoms with Crippen LogP contribution in [0.1, 0.15) is 26.3 Å². The molecule has 0 aliphatic rings. The Morgan fingerprint density at radius 3 is 1.94 bits per heavy atom. The van der Waals surface area contributed by atoms with Gasteiger partial charge in [0.05, 0.1) is 0 Å². The van der Waals surface area contributed by atoms with Gasteiger partial charge < -0.3 is 0 Å². The van der Waals surface area contributed by atoms with Crippen LogP contribution in [-0.4, -0.2) is 14.0 Å². The molecule has 1 nitrogen and oxygen atoms in total. The Morgan fingerprint density at radius 2 is 1.56 bits per heavy atom. The third kappa shape index (κ3) is 2.34. The van der Waals surface area contributed by atoms with Crippen LogP contribution < -0.4 is 0 Å². The first kappa shape index (κ1) is 13.0. The zero-order valence-corrected chi connectivity index (χ0v) is 11.4. The summed E-state index contributed by atoms with van der Waals surface area (Å²) in [6.45, 7) is 6.62. The molecule has 86 valence electrons. The molecule has 0 aliphatic carbocycles. The van der Waals surface area contributed by atoms with E-state index in [1.165, 1.54) is 0 Å². The number of rotatable bonds is 5. The van der Waals surface area contributed by atoms with Gasteiger partial charge in [-0.2, -0.15) is 0 Å². The predicted octanol–water partition coefficient (Wildman–Crippen LogP) is 3.95. The van der Waals surface area contributed by atoms with Crippen molar-refractivity contribution in [2.75, 3.05) is 0 Å². The number of carbonyl (C=O) groups excluding carboxylic acids is 1. The SMILES string of the molecule is CC[Si](CC)(CC)C(=C=O)c1ccccc1. The van der Waals surface area contributed by atoms with Crippen LogP contribution in [0.15, 0.2) is 30.3 Å². The molecule has 0 saturated heterocycles. The van der Waals surface area contributed by atoms with E-state index in [0.717, 1.165) is 28.9 Å². The second kappa shape index (κ2) is 5.83. The minimum absolute atomic E-state index is 0.973. The van der Waals surface area contributed by atoms with Crippen LogP contribution in [0, 0.1) is 0 Å². The van der Waals surface area contributed by atoms with Gasteiger partial charge in [-0.1, -0.05) is 69.2 Å². The third-order valence-electron chi connectivity index (χ3n) is 3.73. The maximum absolute atomic E-state index is 11.3. The fourth-order valence-corrected chi connectivity index (χ4v) is 5.91. The van der Waals surface area contributed by atoms with Crippen molar-refractivity contribution in [3.63, 3.8) is 0 Å². The minimum atomic E-state index is -1.59. The first-order valence-electron chi connectivity index (χ1n) is 6.05. The van der Waals surface area contributed by atoms with Gasteiger partial charge in [0.25, 0.3) is 0 Å². The molecule has 0 N–H and O–H groups in total. The highest BCUT2D eigenvalue weighted by Crippen LogP contribution is 2.33. The molecule has 0 aromatic heterocycles. The number of benzene rings is 1. The van der Waals surface area contributed by atoms with E-state index in [1.807, 2.05) is 30.3 Å². The summed E-state index contributed by atoms with van der Waals surface area (Å²) in [7, 11) is -1.59. The Kier molecular flexibility index (Phi) is 4.72. The van der Waals surface area contributed by atoms with Gasteiger partial charge >= 0.3 is 0 Å². The monoisotopic (exact) mass is 232 g/mol. The molecule has 16 heavy (non-hydrogen) atoms. The normalized spacial score (nSPS) is 10.9. The highest BCUT2D eigenvalue weighted by molar-refractivity contribution is 6.98. The van der Waals surface area contributed by atoms with Crippen molar-refractivity contribution >= 4 is 19.2 Å². The van der Waals surface area contributed by atoms with Crippen molar-refractivity contribution in [2.24, 2.45) is 0 Å². The van der Waals surface area contributed by atoms with Crippen molar-refractivity contribution in [1.29, 1.82) is 0 Å². The van der Waals surface area contributed by atoms with Gasteiger partial charge in [0, 0.05) is 5.20 Å². The third-order valence-corrected chi connectivity index (χ3v) is 9.24. The topological polar surface area (TPSA) is 17.1 Å². The van der Waals surface area contributed by atoms with Crippen LogP contribution >= 0.6 is 0 Å². The summed E-state index contributed by atoms with van der Waals surface area (Å²) >= 11 is 0. The summed E-state index contributed by atoms with van der Waals surface area (Å²) in [5.74, 6) is 2.24. The van der Waals surface area contributed by atoms with Crippen LogP contribution in [0.25, 0.3) is 5.20 Å². The van der Waals surface area contributed by atoms with E-state index in [1.54, 1.807) is 0 Å². The van der Waals surface area contributed by atoms with Crippen LogP contribution in [0.5, 0.6) is 0 Å². The maximum atomic E-state index is 11.3.